The maximum Gasteiger partial charge on any atom is 0.181 e. The average Bonchev–Trinajstić information content (AvgIpc) is 3.31. The highest BCUT2D eigenvalue weighted by molar-refractivity contribution is 7.92. The third kappa shape index (κ3) is 6.04. The van der Waals surface area contributed by atoms with Crippen molar-refractivity contribution in [2.75, 3.05) is 13.2 Å². The molecule has 1 saturated heterocycles. The van der Waals surface area contributed by atoms with E-state index in [2.05, 4.69) is 19.9 Å². The summed E-state index contributed by atoms with van der Waals surface area (Å²) in [6.07, 6.45) is 12.8. The van der Waals surface area contributed by atoms with Crippen LogP contribution in [0.3, 0.4) is 0 Å². The van der Waals surface area contributed by atoms with Crippen molar-refractivity contribution >= 4 is 9.84 Å². The second-order valence-corrected chi connectivity index (χ2v) is 16.5. The standard InChI is InChI=1S/C33H48O5S.C2H6.CH4/c1-31-14-12-25(34)20-23(31)8-10-28-29-11-9-24(32(29,2)15-13-30(28)31)21-27(22-33(35)16-18-38-19-17-33)39(36,37)26-6-4-3-5-7-26;1-2;/h3-8,24-25,27-30,34-35H,9-22H2,1-2H3;1-2H3;1H4. The molecule has 0 amide bonds. The minimum atomic E-state index is -3.58. The van der Waals surface area contributed by atoms with Crippen LogP contribution in [0.1, 0.15) is 112 Å². The van der Waals surface area contributed by atoms with Crippen LogP contribution in [0.2, 0.25) is 0 Å². The first kappa shape index (κ1) is 33.7. The van der Waals surface area contributed by atoms with Crippen LogP contribution in [0.4, 0.5) is 0 Å². The fourth-order valence-corrected chi connectivity index (χ4v) is 11.9. The lowest BCUT2D eigenvalue weighted by molar-refractivity contribution is -0.0716. The molecule has 6 rings (SSSR count). The molecule has 8 atom stereocenters. The number of fused-ring (bicyclic) bond motifs is 5. The first-order valence-corrected chi connectivity index (χ1v) is 18.1. The maximum atomic E-state index is 14.1. The maximum absolute atomic E-state index is 14.1. The van der Waals surface area contributed by atoms with Crippen molar-refractivity contribution in [2.24, 2.45) is 34.5 Å². The molecule has 1 heterocycles. The molecular weight excluding hydrogens is 544 g/mol. The topological polar surface area (TPSA) is 83.8 Å². The van der Waals surface area contributed by atoms with E-state index in [1.165, 1.54) is 18.4 Å². The number of aliphatic hydroxyl groups excluding tert-OH is 1. The number of sulfone groups is 1. The van der Waals surface area contributed by atoms with Gasteiger partial charge in [-0.3, -0.25) is 0 Å². The van der Waals surface area contributed by atoms with Crippen LogP contribution in [-0.2, 0) is 14.6 Å². The predicted octanol–water partition coefficient (Wildman–Crippen LogP) is 7.75. The highest BCUT2D eigenvalue weighted by Crippen LogP contribution is 2.67. The summed E-state index contributed by atoms with van der Waals surface area (Å²) in [5.74, 6) is 2.30. The molecule has 2 N–H and O–H groups in total. The predicted molar refractivity (Wildman–Crippen MR) is 171 cm³/mol. The molecule has 0 spiro atoms. The number of aliphatic hydroxyl groups is 2. The van der Waals surface area contributed by atoms with Gasteiger partial charge in [-0.05, 0) is 124 Å². The Hall–Kier alpha value is -1.21. The molecule has 0 radical (unpaired) electrons. The van der Waals surface area contributed by atoms with Gasteiger partial charge in [0.1, 0.15) is 0 Å². The smallest absolute Gasteiger partial charge is 0.181 e. The minimum absolute atomic E-state index is 0. The van der Waals surface area contributed by atoms with Gasteiger partial charge in [0.2, 0.25) is 0 Å². The number of rotatable bonds is 6. The van der Waals surface area contributed by atoms with Crippen molar-refractivity contribution in [3.63, 3.8) is 0 Å². The molecule has 1 aliphatic heterocycles. The van der Waals surface area contributed by atoms with Gasteiger partial charge in [-0.25, -0.2) is 8.42 Å². The Bertz CT molecular complexity index is 1170. The summed E-state index contributed by atoms with van der Waals surface area (Å²) in [6, 6.07) is 8.90. The van der Waals surface area contributed by atoms with E-state index in [4.69, 9.17) is 4.74 Å². The lowest BCUT2D eigenvalue weighted by Gasteiger charge is -2.58. The minimum Gasteiger partial charge on any atom is -0.393 e. The lowest BCUT2D eigenvalue weighted by atomic mass is 9.47. The molecule has 4 aliphatic carbocycles. The van der Waals surface area contributed by atoms with Crippen LogP contribution in [0.5, 0.6) is 0 Å². The summed E-state index contributed by atoms with van der Waals surface area (Å²) in [7, 11) is -3.58. The molecule has 5 aliphatic rings. The molecule has 3 saturated carbocycles. The summed E-state index contributed by atoms with van der Waals surface area (Å²) >= 11 is 0. The lowest BCUT2D eigenvalue weighted by Crippen LogP contribution is -2.50. The fourth-order valence-electron chi connectivity index (χ4n) is 9.96. The first-order chi connectivity index (χ1) is 19.6. The molecule has 1 aromatic carbocycles. The highest BCUT2D eigenvalue weighted by Gasteiger charge is 2.59. The largest absolute Gasteiger partial charge is 0.393 e. The van der Waals surface area contributed by atoms with Crippen molar-refractivity contribution in [3.8, 4) is 0 Å². The van der Waals surface area contributed by atoms with Gasteiger partial charge in [0.15, 0.2) is 9.84 Å². The normalized spacial score (nSPS) is 37.9. The van der Waals surface area contributed by atoms with Gasteiger partial charge >= 0.3 is 0 Å². The van der Waals surface area contributed by atoms with Crippen molar-refractivity contribution in [2.45, 2.75) is 134 Å². The number of allylic oxidation sites excluding steroid dienone is 1. The van der Waals surface area contributed by atoms with Crippen molar-refractivity contribution < 1.29 is 23.4 Å². The van der Waals surface area contributed by atoms with Crippen LogP contribution in [0.15, 0.2) is 46.9 Å². The Morgan fingerprint density at radius 2 is 1.64 bits per heavy atom. The van der Waals surface area contributed by atoms with E-state index in [1.54, 1.807) is 24.3 Å². The van der Waals surface area contributed by atoms with Gasteiger partial charge in [-0.2, -0.15) is 0 Å². The molecule has 1 aromatic rings. The molecule has 238 valence electrons. The second-order valence-electron chi connectivity index (χ2n) is 14.2. The number of benzene rings is 1. The quantitative estimate of drug-likeness (QED) is 0.325. The SMILES string of the molecule is C.CC.CC12CCC(O)CC1=CCC1C2CCC2(C)C(CC(CC3(O)CCOCC3)S(=O)(=O)c3ccccc3)CCC12. The van der Waals surface area contributed by atoms with E-state index in [0.29, 0.717) is 67.5 Å². The summed E-state index contributed by atoms with van der Waals surface area (Å²) in [4.78, 5) is 0.381. The third-order valence-electron chi connectivity index (χ3n) is 12.4. The van der Waals surface area contributed by atoms with Crippen LogP contribution >= 0.6 is 0 Å². The van der Waals surface area contributed by atoms with Gasteiger partial charge in [0.05, 0.1) is 21.9 Å². The van der Waals surface area contributed by atoms with Crippen LogP contribution < -0.4 is 0 Å². The summed E-state index contributed by atoms with van der Waals surface area (Å²) < 4.78 is 33.7. The third-order valence-corrected chi connectivity index (χ3v) is 14.5. The monoisotopic (exact) mass is 602 g/mol. The van der Waals surface area contributed by atoms with Gasteiger partial charge < -0.3 is 14.9 Å². The van der Waals surface area contributed by atoms with Crippen LogP contribution in [-0.4, -0.2) is 48.8 Å². The Labute approximate surface area is 256 Å². The molecule has 6 heteroatoms. The van der Waals surface area contributed by atoms with Crippen LogP contribution in [0.25, 0.3) is 0 Å². The zero-order valence-corrected chi connectivity index (χ0v) is 26.7. The van der Waals surface area contributed by atoms with Gasteiger partial charge in [0.25, 0.3) is 0 Å². The van der Waals surface area contributed by atoms with Crippen molar-refractivity contribution in [1.82, 2.24) is 0 Å². The van der Waals surface area contributed by atoms with Crippen molar-refractivity contribution in [1.29, 1.82) is 0 Å². The van der Waals surface area contributed by atoms with E-state index < -0.39 is 20.7 Å². The van der Waals surface area contributed by atoms with Crippen LogP contribution in [0, 0.1) is 34.5 Å². The summed E-state index contributed by atoms with van der Waals surface area (Å²) in [5.41, 5.74) is 0.873. The fraction of sp³-hybridized carbons (Fsp3) is 0.778. The number of hydrogen-bond donors (Lipinski definition) is 2. The Balaban J connectivity index is 0.00000132. The van der Waals surface area contributed by atoms with E-state index in [0.717, 1.165) is 38.5 Å². The molecule has 4 fully saturated rings. The Morgan fingerprint density at radius 1 is 0.952 bits per heavy atom. The number of ether oxygens (including phenoxy) is 1. The molecular formula is C36H58O5S. The van der Waals surface area contributed by atoms with Gasteiger partial charge in [-0.15, -0.1) is 0 Å². The van der Waals surface area contributed by atoms with E-state index in [9.17, 15) is 18.6 Å². The van der Waals surface area contributed by atoms with E-state index in [-0.39, 0.29) is 24.4 Å². The van der Waals surface area contributed by atoms with E-state index in [1.807, 2.05) is 19.9 Å². The van der Waals surface area contributed by atoms with Crippen molar-refractivity contribution in [3.05, 3.63) is 42.0 Å². The second kappa shape index (κ2) is 13.0. The molecule has 0 aromatic heterocycles. The van der Waals surface area contributed by atoms with E-state index >= 15 is 0 Å². The molecule has 0 bridgehead atoms. The number of hydrogen-bond acceptors (Lipinski definition) is 5. The highest BCUT2D eigenvalue weighted by atomic mass is 32.2. The molecule has 5 nitrogen and oxygen atoms in total. The molecule has 8 unspecified atom stereocenters. The zero-order valence-electron chi connectivity index (χ0n) is 25.9. The average molecular weight is 603 g/mol. The van der Waals surface area contributed by atoms with Gasteiger partial charge in [0, 0.05) is 13.2 Å². The Kier molecular flexibility index (Phi) is 10.4. The van der Waals surface area contributed by atoms with Gasteiger partial charge in [-0.1, -0.05) is 65.0 Å². The summed E-state index contributed by atoms with van der Waals surface area (Å²) in [6.45, 7) is 9.92. The zero-order chi connectivity index (χ0) is 29.5. The first-order valence-electron chi connectivity index (χ1n) is 16.5. The molecule has 42 heavy (non-hydrogen) atoms. The Morgan fingerprint density at radius 3 is 2.33 bits per heavy atom. The summed E-state index contributed by atoms with van der Waals surface area (Å²) in [5, 5.41) is 21.2.